The predicted molar refractivity (Wildman–Crippen MR) is 61.7 cm³/mol. The van der Waals surface area contributed by atoms with Gasteiger partial charge in [0.2, 0.25) is 0 Å². The van der Waals surface area contributed by atoms with Crippen LogP contribution < -0.4 is 0 Å². The Kier molecular flexibility index (Phi) is 2.84. The van der Waals surface area contributed by atoms with Crippen LogP contribution in [0.2, 0.25) is 5.15 Å². The first-order valence-corrected chi connectivity index (χ1v) is 5.64. The minimum absolute atomic E-state index is 0.0106. The van der Waals surface area contributed by atoms with Crippen LogP contribution >= 0.6 is 22.9 Å². The van der Waals surface area contributed by atoms with Crippen molar-refractivity contribution in [3.63, 3.8) is 0 Å². The van der Waals surface area contributed by atoms with Gasteiger partial charge in [0.25, 0.3) is 0 Å². The summed E-state index contributed by atoms with van der Waals surface area (Å²) in [5.74, 6) is -0.0106. The molecule has 0 aliphatic rings. The van der Waals surface area contributed by atoms with Crippen LogP contribution in [0.15, 0.2) is 29.8 Å². The van der Waals surface area contributed by atoms with Crippen molar-refractivity contribution in [2.75, 3.05) is 0 Å². The predicted octanol–water partition coefficient (Wildman–Crippen LogP) is 3.34. The summed E-state index contributed by atoms with van der Waals surface area (Å²) in [6, 6.07) is 5.18. The smallest absolute Gasteiger partial charge is 0.195 e. The first-order valence-electron chi connectivity index (χ1n) is 4.38. The molecule has 0 saturated carbocycles. The second-order valence-electron chi connectivity index (χ2n) is 3.14. The third-order valence-electron chi connectivity index (χ3n) is 1.98. The molecule has 0 aliphatic heterocycles. The number of hydrogen-bond donors (Lipinski definition) is 0. The Morgan fingerprint density at radius 3 is 2.73 bits per heavy atom. The Hall–Kier alpha value is -1.19. The Bertz CT molecular complexity index is 490. The second-order valence-corrected chi connectivity index (χ2v) is 4.65. The lowest BCUT2D eigenvalue weighted by atomic mass is 10.1. The van der Waals surface area contributed by atoms with E-state index in [1.165, 1.54) is 6.20 Å². The van der Waals surface area contributed by atoms with Crippen LogP contribution in [0.1, 0.15) is 20.8 Å². The summed E-state index contributed by atoms with van der Waals surface area (Å²) in [5.41, 5.74) is 1.28. The number of pyridine rings is 1. The van der Waals surface area contributed by atoms with Gasteiger partial charge in [-0.2, -0.15) is 0 Å². The van der Waals surface area contributed by atoms with Gasteiger partial charge in [0.15, 0.2) is 5.78 Å². The highest BCUT2D eigenvalue weighted by Gasteiger charge is 2.10. The molecule has 0 amide bonds. The zero-order chi connectivity index (χ0) is 10.8. The molecule has 2 nitrogen and oxygen atoms in total. The van der Waals surface area contributed by atoms with E-state index in [1.807, 2.05) is 18.4 Å². The second kappa shape index (κ2) is 4.13. The van der Waals surface area contributed by atoms with Crippen LogP contribution in [0.4, 0.5) is 0 Å². The first-order chi connectivity index (χ1) is 7.16. The van der Waals surface area contributed by atoms with Gasteiger partial charge >= 0.3 is 0 Å². The van der Waals surface area contributed by atoms with Gasteiger partial charge in [0.05, 0.1) is 0 Å². The lowest BCUT2D eigenvalue weighted by molar-refractivity contribution is 0.103. The topological polar surface area (TPSA) is 30.0 Å². The standard InChI is InChI=1S/C11H8ClNOS/c1-7-4-9(6-15-7)11(14)8-2-3-10(12)13-5-8/h2-6H,1H3. The van der Waals surface area contributed by atoms with E-state index < -0.39 is 0 Å². The largest absolute Gasteiger partial charge is 0.289 e. The highest BCUT2D eigenvalue weighted by Crippen LogP contribution is 2.17. The molecule has 2 rings (SSSR count). The molecule has 0 fully saturated rings. The van der Waals surface area contributed by atoms with Gasteiger partial charge in [0.1, 0.15) is 5.15 Å². The Morgan fingerprint density at radius 2 is 2.20 bits per heavy atom. The number of hydrogen-bond acceptors (Lipinski definition) is 3. The number of nitrogens with zero attached hydrogens (tertiary/aromatic N) is 1. The van der Waals surface area contributed by atoms with E-state index in [9.17, 15) is 4.79 Å². The summed E-state index contributed by atoms with van der Waals surface area (Å²) in [6.07, 6.45) is 1.50. The molecule has 76 valence electrons. The number of rotatable bonds is 2. The summed E-state index contributed by atoms with van der Waals surface area (Å²) < 4.78 is 0. The summed E-state index contributed by atoms with van der Waals surface area (Å²) in [5, 5.41) is 2.25. The van der Waals surface area contributed by atoms with E-state index in [-0.39, 0.29) is 5.78 Å². The maximum atomic E-state index is 11.9. The fraction of sp³-hybridized carbons (Fsp3) is 0.0909. The van der Waals surface area contributed by atoms with E-state index in [0.717, 1.165) is 4.88 Å². The van der Waals surface area contributed by atoms with Gasteiger partial charge in [0, 0.05) is 27.6 Å². The van der Waals surface area contributed by atoms with E-state index in [1.54, 1.807) is 23.5 Å². The van der Waals surface area contributed by atoms with Crippen molar-refractivity contribution in [1.29, 1.82) is 0 Å². The minimum atomic E-state index is -0.0106. The average molecular weight is 238 g/mol. The van der Waals surface area contributed by atoms with Gasteiger partial charge in [-0.1, -0.05) is 11.6 Å². The van der Waals surface area contributed by atoms with E-state index >= 15 is 0 Å². The molecule has 2 aromatic heterocycles. The third-order valence-corrected chi connectivity index (χ3v) is 3.07. The zero-order valence-electron chi connectivity index (χ0n) is 8.03. The van der Waals surface area contributed by atoms with Crippen LogP contribution in [0.5, 0.6) is 0 Å². The molecule has 0 unspecified atom stereocenters. The van der Waals surface area contributed by atoms with Crippen LogP contribution in [0.3, 0.4) is 0 Å². The molecule has 0 aliphatic carbocycles. The Balaban J connectivity index is 2.32. The highest BCUT2D eigenvalue weighted by atomic mass is 35.5. The number of thiophene rings is 1. The Labute approximate surface area is 96.5 Å². The van der Waals surface area contributed by atoms with Crippen LogP contribution in [-0.4, -0.2) is 10.8 Å². The number of halogens is 1. The average Bonchev–Trinajstić information content (AvgIpc) is 2.65. The molecule has 2 aromatic rings. The Morgan fingerprint density at radius 1 is 1.40 bits per heavy atom. The maximum absolute atomic E-state index is 11.9. The number of carbonyl (C=O) groups excluding carboxylic acids is 1. The molecular formula is C11H8ClNOS. The number of aryl methyl sites for hydroxylation is 1. The minimum Gasteiger partial charge on any atom is -0.289 e. The quantitative estimate of drug-likeness (QED) is 0.592. The zero-order valence-corrected chi connectivity index (χ0v) is 9.60. The molecule has 0 radical (unpaired) electrons. The van der Waals surface area contributed by atoms with Gasteiger partial charge in [-0.05, 0) is 25.1 Å². The molecule has 0 bridgehead atoms. The molecule has 0 atom stereocenters. The molecular weight excluding hydrogens is 230 g/mol. The summed E-state index contributed by atoms with van der Waals surface area (Å²) in [7, 11) is 0. The lowest BCUT2D eigenvalue weighted by Gasteiger charge is -1.97. The molecule has 0 spiro atoms. The molecule has 4 heteroatoms. The molecule has 0 N–H and O–H groups in total. The molecule has 2 heterocycles. The van der Waals surface area contributed by atoms with Crippen molar-refractivity contribution in [2.45, 2.75) is 6.92 Å². The van der Waals surface area contributed by atoms with Gasteiger partial charge < -0.3 is 0 Å². The normalized spacial score (nSPS) is 10.3. The van der Waals surface area contributed by atoms with Crippen molar-refractivity contribution in [1.82, 2.24) is 4.98 Å². The highest BCUT2D eigenvalue weighted by molar-refractivity contribution is 7.10. The first kappa shape index (κ1) is 10.3. The van der Waals surface area contributed by atoms with Crippen molar-refractivity contribution in [2.24, 2.45) is 0 Å². The third kappa shape index (κ3) is 2.25. The summed E-state index contributed by atoms with van der Waals surface area (Å²) >= 11 is 7.21. The summed E-state index contributed by atoms with van der Waals surface area (Å²) in [6.45, 7) is 1.97. The molecule has 15 heavy (non-hydrogen) atoms. The van der Waals surface area contributed by atoms with Crippen LogP contribution in [0.25, 0.3) is 0 Å². The SMILES string of the molecule is Cc1cc(C(=O)c2ccc(Cl)nc2)cs1. The van der Waals surface area contributed by atoms with Crippen molar-refractivity contribution < 1.29 is 4.79 Å². The van der Waals surface area contributed by atoms with Crippen molar-refractivity contribution in [3.8, 4) is 0 Å². The van der Waals surface area contributed by atoms with Gasteiger partial charge in [-0.25, -0.2) is 4.98 Å². The lowest BCUT2D eigenvalue weighted by Crippen LogP contribution is -1.99. The van der Waals surface area contributed by atoms with Crippen molar-refractivity contribution >= 4 is 28.7 Å². The molecule has 0 aromatic carbocycles. The summed E-state index contributed by atoms with van der Waals surface area (Å²) in [4.78, 5) is 16.9. The van der Waals surface area contributed by atoms with E-state index in [2.05, 4.69) is 4.98 Å². The molecule has 0 saturated heterocycles. The maximum Gasteiger partial charge on any atom is 0.195 e. The fourth-order valence-electron chi connectivity index (χ4n) is 1.24. The van der Waals surface area contributed by atoms with Crippen molar-refractivity contribution in [3.05, 3.63) is 50.9 Å². The van der Waals surface area contributed by atoms with Gasteiger partial charge in [-0.15, -0.1) is 11.3 Å². The van der Waals surface area contributed by atoms with E-state index in [4.69, 9.17) is 11.6 Å². The number of aromatic nitrogens is 1. The fourth-order valence-corrected chi connectivity index (χ4v) is 2.03. The number of ketones is 1. The monoisotopic (exact) mass is 237 g/mol. The van der Waals surface area contributed by atoms with Crippen LogP contribution in [0, 0.1) is 6.92 Å². The van der Waals surface area contributed by atoms with Gasteiger partial charge in [-0.3, -0.25) is 4.79 Å². The van der Waals surface area contributed by atoms with E-state index in [0.29, 0.717) is 16.3 Å². The van der Waals surface area contributed by atoms with Crippen LogP contribution in [-0.2, 0) is 0 Å². The number of carbonyl (C=O) groups is 1.